The molecule has 1 amide bonds. The normalized spacial score (nSPS) is 23.8. The minimum atomic E-state index is -0.291. The number of pyridine rings is 1. The quantitative estimate of drug-likeness (QED) is 0.545. The molecule has 2 saturated carbocycles. The number of nitrogens with one attached hydrogen (secondary N) is 1. The van der Waals surface area contributed by atoms with E-state index in [1.54, 1.807) is 12.3 Å². The number of ether oxygens (including phenoxy) is 1. The van der Waals surface area contributed by atoms with Gasteiger partial charge in [-0.3, -0.25) is 9.78 Å². The second kappa shape index (κ2) is 8.53. The van der Waals surface area contributed by atoms with Gasteiger partial charge in [-0.15, -0.1) is 0 Å². The molecule has 5 heteroatoms. The molecule has 0 spiro atoms. The van der Waals surface area contributed by atoms with Gasteiger partial charge in [0.25, 0.3) is 5.91 Å². The molecule has 4 nitrogen and oxygen atoms in total. The lowest BCUT2D eigenvalue weighted by molar-refractivity contribution is 0.0903. The van der Waals surface area contributed by atoms with Crippen LogP contribution < -0.4 is 10.1 Å². The summed E-state index contributed by atoms with van der Waals surface area (Å²) in [6, 6.07) is 14.3. The Labute approximate surface area is 188 Å². The maximum atomic E-state index is 13.8. The van der Waals surface area contributed by atoms with Crippen LogP contribution in [0.3, 0.4) is 0 Å². The molecular formula is C27H29FN2O2. The Kier molecular flexibility index (Phi) is 5.58. The largest absolute Gasteiger partial charge is 0.490 e. The summed E-state index contributed by atoms with van der Waals surface area (Å²) >= 11 is 0. The van der Waals surface area contributed by atoms with Crippen molar-refractivity contribution >= 4 is 16.8 Å². The molecule has 166 valence electrons. The van der Waals surface area contributed by atoms with E-state index in [0.717, 1.165) is 23.9 Å². The molecule has 1 N–H and O–H groups in total. The summed E-state index contributed by atoms with van der Waals surface area (Å²) in [5.74, 6) is 1.75. The number of carbonyl (C=O) groups is 1. The van der Waals surface area contributed by atoms with Gasteiger partial charge >= 0.3 is 0 Å². The molecule has 2 aliphatic rings. The highest BCUT2D eigenvalue weighted by Crippen LogP contribution is 2.45. The van der Waals surface area contributed by atoms with Gasteiger partial charge in [-0.1, -0.05) is 24.6 Å². The standard InChI is InChI=1S/C27H29FN2O2/c1-16-3-5-19(6-4-16)27(31)30-26(18-7-8-18)22-15-21(13-17(22)2)32-25-11-12-29-24-10-9-20(28)14-23(24)25/h3-6,9-12,14,17-18,21-22,26H,7-8,13,15H2,1-2H3,(H,30,31). The predicted octanol–water partition coefficient (Wildman–Crippen LogP) is 5.68. The van der Waals surface area contributed by atoms with Crippen LogP contribution >= 0.6 is 0 Å². The SMILES string of the molecule is Cc1ccc(C(=O)NC(C2CC2)C2CC(Oc3ccnc4ccc(F)cc34)CC2C)cc1. The van der Waals surface area contributed by atoms with Gasteiger partial charge in [-0.2, -0.15) is 0 Å². The van der Waals surface area contributed by atoms with E-state index in [1.807, 2.05) is 37.3 Å². The Morgan fingerprint density at radius 3 is 2.66 bits per heavy atom. The Hall–Kier alpha value is -2.95. The first-order valence-corrected chi connectivity index (χ1v) is 11.6. The highest BCUT2D eigenvalue weighted by molar-refractivity contribution is 5.94. The minimum Gasteiger partial charge on any atom is -0.490 e. The third-order valence-electron chi connectivity index (χ3n) is 7.06. The van der Waals surface area contributed by atoms with Gasteiger partial charge in [-0.05, 0) is 86.8 Å². The summed E-state index contributed by atoms with van der Waals surface area (Å²) < 4.78 is 20.2. The second-order valence-corrected chi connectivity index (χ2v) is 9.53. The maximum absolute atomic E-state index is 13.8. The molecule has 5 rings (SSSR count). The third kappa shape index (κ3) is 4.34. The molecule has 0 radical (unpaired) electrons. The fourth-order valence-electron chi connectivity index (χ4n) is 5.16. The molecule has 2 aliphatic carbocycles. The van der Waals surface area contributed by atoms with Crippen LogP contribution in [0.1, 0.15) is 48.5 Å². The minimum absolute atomic E-state index is 0.00840. The molecule has 1 aromatic heterocycles. The van der Waals surface area contributed by atoms with Gasteiger partial charge in [0.05, 0.1) is 11.6 Å². The highest BCUT2D eigenvalue weighted by Gasteiger charge is 2.44. The van der Waals surface area contributed by atoms with Crippen LogP contribution in [0.2, 0.25) is 0 Å². The van der Waals surface area contributed by atoms with Gasteiger partial charge < -0.3 is 10.1 Å². The fourth-order valence-corrected chi connectivity index (χ4v) is 5.16. The van der Waals surface area contributed by atoms with Crippen molar-refractivity contribution in [2.45, 2.75) is 51.7 Å². The molecule has 4 unspecified atom stereocenters. The van der Waals surface area contributed by atoms with Crippen molar-refractivity contribution in [3.05, 3.63) is 71.7 Å². The molecule has 32 heavy (non-hydrogen) atoms. The Morgan fingerprint density at radius 2 is 1.91 bits per heavy atom. The molecular weight excluding hydrogens is 403 g/mol. The van der Waals surface area contributed by atoms with Gasteiger partial charge in [0.15, 0.2) is 0 Å². The Balaban J connectivity index is 1.31. The second-order valence-electron chi connectivity index (χ2n) is 9.53. The molecule has 0 bridgehead atoms. The van der Waals surface area contributed by atoms with Crippen LogP contribution in [-0.4, -0.2) is 23.0 Å². The lowest BCUT2D eigenvalue weighted by Crippen LogP contribution is -2.43. The number of amides is 1. The first-order valence-electron chi connectivity index (χ1n) is 11.6. The van der Waals surface area contributed by atoms with E-state index in [9.17, 15) is 9.18 Å². The van der Waals surface area contributed by atoms with Crippen LogP contribution in [0.5, 0.6) is 5.75 Å². The Morgan fingerprint density at radius 1 is 1.12 bits per heavy atom. The Bertz CT molecular complexity index is 1130. The van der Waals surface area contributed by atoms with Crippen molar-refractivity contribution in [1.82, 2.24) is 10.3 Å². The molecule has 0 aliphatic heterocycles. The fraction of sp³-hybridized carbons (Fsp3) is 0.407. The van der Waals surface area contributed by atoms with E-state index in [2.05, 4.69) is 17.2 Å². The topological polar surface area (TPSA) is 51.2 Å². The van der Waals surface area contributed by atoms with E-state index in [4.69, 9.17) is 4.74 Å². The summed E-state index contributed by atoms with van der Waals surface area (Å²) in [6.07, 6.45) is 5.90. The summed E-state index contributed by atoms with van der Waals surface area (Å²) in [5, 5.41) is 4.06. The number of aromatic nitrogens is 1. The van der Waals surface area contributed by atoms with Gasteiger partial charge in [0, 0.05) is 23.2 Å². The molecule has 2 aromatic carbocycles. The molecule has 2 fully saturated rings. The zero-order valence-corrected chi connectivity index (χ0v) is 18.6. The van der Waals surface area contributed by atoms with Gasteiger partial charge in [0.2, 0.25) is 0 Å². The van der Waals surface area contributed by atoms with Gasteiger partial charge in [0.1, 0.15) is 11.6 Å². The highest BCUT2D eigenvalue weighted by atomic mass is 19.1. The number of halogens is 1. The van der Waals surface area contributed by atoms with Crippen LogP contribution in [0, 0.1) is 30.5 Å². The summed E-state index contributed by atoms with van der Waals surface area (Å²) in [7, 11) is 0. The monoisotopic (exact) mass is 432 g/mol. The first-order chi connectivity index (χ1) is 15.5. The van der Waals surface area contributed by atoms with Crippen LogP contribution in [0.15, 0.2) is 54.7 Å². The van der Waals surface area contributed by atoms with Crippen molar-refractivity contribution in [3.8, 4) is 5.75 Å². The van der Waals surface area contributed by atoms with E-state index < -0.39 is 0 Å². The van der Waals surface area contributed by atoms with E-state index >= 15 is 0 Å². The zero-order valence-electron chi connectivity index (χ0n) is 18.6. The molecule has 0 saturated heterocycles. The van der Waals surface area contributed by atoms with Gasteiger partial charge in [-0.25, -0.2) is 4.39 Å². The number of carbonyl (C=O) groups excluding carboxylic acids is 1. The van der Waals surface area contributed by atoms with Crippen LogP contribution in [0.4, 0.5) is 4.39 Å². The third-order valence-corrected chi connectivity index (χ3v) is 7.06. The van der Waals surface area contributed by atoms with E-state index in [1.165, 1.54) is 25.0 Å². The zero-order chi connectivity index (χ0) is 22.2. The van der Waals surface area contributed by atoms with Crippen LogP contribution in [-0.2, 0) is 0 Å². The number of hydrogen-bond acceptors (Lipinski definition) is 3. The van der Waals surface area contributed by atoms with E-state index in [0.29, 0.717) is 34.5 Å². The number of rotatable bonds is 6. The summed E-state index contributed by atoms with van der Waals surface area (Å²) in [5.41, 5.74) is 2.59. The number of hydrogen-bond donors (Lipinski definition) is 1. The van der Waals surface area contributed by atoms with E-state index in [-0.39, 0.29) is 23.9 Å². The van der Waals surface area contributed by atoms with Crippen molar-refractivity contribution in [3.63, 3.8) is 0 Å². The average Bonchev–Trinajstić information content (AvgIpc) is 3.56. The number of nitrogens with zero attached hydrogens (tertiary/aromatic N) is 1. The average molecular weight is 433 g/mol. The number of benzene rings is 2. The van der Waals surface area contributed by atoms with Crippen molar-refractivity contribution < 1.29 is 13.9 Å². The number of aryl methyl sites for hydroxylation is 1. The molecule has 3 aromatic rings. The molecule has 4 atom stereocenters. The van der Waals surface area contributed by atoms with Crippen molar-refractivity contribution in [2.75, 3.05) is 0 Å². The number of fused-ring (bicyclic) bond motifs is 1. The first kappa shape index (κ1) is 20.9. The van der Waals surface area contributed by atoms with Crippen molar-refractivity contribution in [2.24, 2.45) is 17.8 Å². The predicted molar refractivity (Wildman–Crippen MR) is 123 cm³/mol. The smallest absolute Gasteiger partial charge is 0.251 e. The lowest BCUT2D eigenvalue weighted by Gasteiger charge is -2.28. The van der Waals surface area contributed by atoms with Crippen LogP contribution in [0.25, 0.3) is 10.9 Å². The molecule has 1 heterocycles. The summed E-state index contributed by atoms with van der Waals surface area (Å²) in [4.78, 5) is 17.2. The lowest BCUT2D eigenvalue weighted by atomic mass is 9.87. The summed E-state index contributed by atoms with van der Waals surface area (Å²) in [6.45, 7) is 4.28. The van der Waals surface area contributed by atoms with Crippen molar-refractivity contribution in [1.29, 1.82) is 0 Å². The maximum Gasteiger partial charge on any atom is 0.251 e.